The molecule has 0 unspecified atom stereocenters. The van der Waals surface area contributed by atoms with Crippen LogP contribution in [-0.2, 0) is 23.0 Å². The molecular weight excluding hydrogens is 326 g/mol. The van der Waals surface area contributed by atoms with Gasteiger partial charge in [-0.2, -0.15) is 4.31 Å². The van der Waals surface area contributed by atoms with Crippen molar-refractivity contribution in [3.63, 3.8) is 0 Å². The second kappa shape index (κ2) is 6.62. The molecule has 2 aromatic carbocycles. The van der Waals surface area contributed by atoms with Crippen molar-refractivity contribution in [3.8, 4) is 0 Å². The molecule has 0 radical (unpaired) electrons. The minimum absolute atomic E-state index is 0.336. The van der Waals surface area contributed by atoms with Crippen LogP contribution in [0.3, 0.4) is 0 Å². The lowest BCUT2D eigenvalue weighted by atomic mass is 10.0. The van der Waals surface area contributed by atoms with Crippen molar-refractivity contribution in [3.05, 3.63) is 59.7 Å². The van der Waals surface area contributed by atoms with Crippen LogP contribution in [0.2, 0.25) is 0 Å². The van der Waals surface area contributed by atoms with E-state index in [1.807, 2.05) is 36.4 Å². The molecule has 2 aromatic rings. The molecule has 1 aliphatic rings. The van der Waals surface area contributed by atoms with Gasteiger partial charge in [0.25, 0.3) is 0 Å². The summed E-state index contributed by atoms with van der Waals surface area (Å²) in [7, 11) is -3.21. The Kier molecular flexibility index (Phi) is 4.55. The minimum Gasteiger partial charge on any atom is -0.308 e. The molecule has 0 fully saturated rings. The number of nitrogens with one attached hydrogen (secondary N) is 2. The number of sulfonamides is 1. The second-order valence-electron chi connectivity index (χ2n) is 5.78. The molecule has 1 aliphatic heterocycles. The third kappa shape index (κ3) is 3.93. The molecule has 6 nitrogen and oxygen atoms in total. The van der Waals surface area contributed by atoms with Crippen molar-refractivity contribution in [2.24, 2.45) is 0 Å². The van der Waals surface area contributed by atoms with Gasteiger partial charge in [0.2, 0.25) is 10.0 Å². The van der Waals surface area contributed by atoms with E-state index >= 15 is 0 Å². The van der Waals surface area contributed by atoms with Crippen LogP contribution in [0.5, 0.6) is 0 Å². The van der Waals surface area contributed by atoms with E-state index in [4.69, 9.17) is 0 Å². The third-order valence-corrected chi connectivity index (χ3v) is 5.19. The monoisotopic (exact) mass is 345 g/mol. The zero-order valence-electron chi connectivity index (χ0n) is 13.3. The lowest BCUT2D eigenvalue weighted by Gasteiger charge is -2.27. The van der Waals surface area contributed by atoms with Gasteiger partial charge in [0.05, 0.1) is 6.26 Å². The van der Waals surface area contributed by atoms with Crippen LogP contribution in [0.25, 0.3) is 0 Å². The number of carbonyl (C=O) groups excluding carboxylic acids is 1. The van der Waals surface area contributed by atoms with Crippen molar-refractivity contribution in [2.75, 3.05) is 23.4 Å². The van der Waals surface area contributed by atoms with Crippen molar-refractivity contribution in [2.45, 2.75) is 13.0 Å². The number of rotatable bonds is 3. The highest BCUT2D eigenvalue weighted by atomic mass is 32.2. The van der Waals surface area contributed by atoms with Crippen molar-refractivity contribution in [1.82, 2.24) is 4.31 Å². The molecule has 0 saturated heterocycles. The molecule has 2 N–H and O–H groups in total. The summed E-state index contributed by atoms with van der Waals surface area (Å²) in [5, 5.41) is 5.52. The van der Waals surface area contributed by atoms with E-state index in [2.05, 4.69) is 10.6 Å². The summed E-state index contributed by atoms with van der Waals surface area (Å²) in [5.41, 5.74) is 3.38. The highest BCUT2D eigenvalue weighted by Crippen LogP contribution is 2.24. The Morgan fingerprint density at radius 2 is 1.71 bits per heavy atom. The maximum absolute atomic E-state index is 12.0. The Labute approximate surface area is 141 Å². The summed E-state index contributed by atoms with van der Waals surface area (Å²) in [6.45, 7) is 0.830. The van der Waals surface area contributed by atoms with Gasteiger partial charge in [-0.05, 0) is 41.8 Å². The number of benzene rings is 2. The van der Waals surface area contributed by atoms with Crippen LogP contribution in [0.15, 0.2) is 48.5 Å². The Bertz CT molecular complexity index is 851. The molecule has 126 valence electrons. The molecule has 2 amide bonds. The topological polar surface area (TPSA) is 78.5 Å². The van der Waals surface area contributed by atoms with E-state index in [9.17, 15) is 13.2 Å². The van der Waals surface area contributed by atoms with Gasteiger partial charge in [0, 0.05) is 24.5 Å². The maximum atomic E-state index is 12.0. The lowest BCUT2D eigenvalue weighted by Crippen LogP contribution is -2.35. The van der Waals surface area contributed by atoms with E-state index in [1.165, 1.54) is 10.6 Å². The number of urea groups is 1. The highest BCUT2D eigenvalue weighted by molar-refractivity contribution is 7.88. The first-order valence-corrected chi connectivity index (χ1v) is 9.46. The van der Waals surface area contributed by atoms with Crippen molar-refractivity contribution in [1.29, 1.82) is 0 Å². The normalized spacial score (nSPS) is 14.7. The molecule has 24 heavy (non-hydrogen) atoms. The molecule has 7 heteroatoms. The molecule has 0 bridgehead atoms. The van der Waals surface area contributed by atoms with Gasteiger partial charge in [-0.1, -0.05) is 24.3 Å². The van der Waals surface area contributed by atoms with Gasteiger partial charge in [-0.3, -0.25) is 0 Å². The minimum atomic E-state index is -3.21. The zero-order valence-corrected chi connectivity index (χ0v) is 14.1. The van der Waals surface area contributed by atoms with E-state index in [0.29, 0.717) is 30.9 Å². The Morgan fingerprint density at radius 1 is 1.00 bits per heavy atom. The Morgan fingerprint density at radius 3 is 2.42 bits per heavy atom. The van der Waals surface area contributed by atoms with Crippen LogP contribution in [0, 0.1) is 0 Å². The predicted octanol–water partition coefficient (Wildman–Crippen LogP) is 2.65. The smallest absolute Gasteiger partial charge is 0.308 e. The zero-order chi connectivity index (χ0) is 17.2. The van der Waals surface area contributed by atoms with E-state index in [-0.39, 0.29) is 6.03 Å². The number of fused-ring (bicyclic) bond motifs is 1. The quantitative estimate of drug-likeness (QED) is 0.898. The average molecular weight is 345 g/mol. The molecule has 0 saturated carbocycles. The first-order chi connectivity index (χ1) is 11.4. The van der Waals surface area contributed by atoms with Gasteiger partial charge < -0.3 is 10.6 Å². The van der Waals surface area contributed by atoms with Crippen LogP contribution in [0.4, 0.5) is 16.2 Å². The van der Waals surface area contributed by atoms with Crippen LogP contribution < -0.4 is 10.6 Å². The summed E-state index contributed by atoms with van der Waals surface area (Å²) >= 11 is 0. The SMILES string of the molecule is CS(=O)(=O)N1CCc2ccc(NC(=O)Nc3ccccc3)cc2C1. The number of carbonyl (C=O) groups is 1. The number of para-hydroxylation sites is 1. The Hall–Kier alpha value is -2.38. The third-order valence-electron chi connectivity index (χ3n) is 3.94. The van der Waals surface area contributed by atoms with Crippen molar-refractivity contribution >= 4 is 27.4 Å². The molecular formula is C17H19N3O3S. The summed E-state index contributed by atoms with van der Waals surface area (Å²) in [5.74, 6) is 0. The fourth-order valence-electron chi connectivity index (χ4n) is 2.71. The second-order valence-corrected chi connectivity index (χ2v) is 7.76. The molecule has 0 aromatic heterocycles. The number of hydrogen-bond acceptors (Lipinski definition) is 3. The van der Waals surface area contributed by atoms with Gasteiger partial charge >= 0.3 is 6.03 Å². The van der Waals surface area contributed by atoms with Gasteiger partial charge in [0.1, 0.15) is 0 Å². The van der Waals surface area contributed by atoms with E-state index < -0.39 is 10.0 Å². The molecule has 0 aliphatic carbocycles. The van der Waals surface area contributed by atoms with Crippen LogP contribution in [-0.4, -0.2) is 31.6 Å². The van der Waals surface area contributed by atoms with Crippen LogP contribution >= 0.6 is 0 Å². The molecule has 1 heterocycles. The fraction of sp³-hybridized carbons (Fsp3) is 0.235. The van der Waals surface area contributed by atoms with E-state index in [1.54, 1.807) is 12.1 Å². The molecule has 0 spiro atoms. The summed E-state index contributed by atoms with van der Waals surface area (Å²) in [6, 6.07) is 14.4. The van der Waals surface area contributed by atoms with Gasteiger partial charge in [-0.15, -0.1) is 0 Å². The highest BCUT2D eigenvalue weighted by Gasteiger charge is 2.23. The lowest BCUT2D eigenvalue weighted by molar-refractivity contribution is 0.262. The maximum Gasteiger partial charge on any atom is 0.323 e. The fourth-order valence-corrected chi connectivity index (χ4v) is 3.50. The summed E-state index contributed by atoms with van der Waals surface area (Å²) < 4.78 is 24.9. The molecule has 0 atom stereocenters. The number of hydrogen-bond donors (Lipinski definition) is 2. The van der Waals surface area contributed by atoms with Gasteiger partial charge in [0.15, 0.2) is 0 Å². The number of anilines is 2. The first-order valence-electron chi connectivity index (χ1n) is 7.62. The number of amides is 2. The van der Waals surface area contributed by atoms with Crippen molar-refractivity contribution < 1.29 is 13.2 Å². The van der Waals surface area contributed by atoms with E-state index in [0.717, 1.165) is 11.1 Å². The van der Waals surface area contributed by atoms with Crippen LogP contribution in [0.1, 0.15) is 11.1 Å². The molecule has 3 rings (SSSR count). The Balaban J connectivity index is 1.71. The standard InChI is InChI=1S/C17H19N3O3S/c1-24(22,23)20-10-9-13-7-8-16(11-14(13)12-20)19-17(21)18-15-5-3-2-4-6-15/h2-8,11H,9-10,12H2,1H3,(H2,18,19,21). The number of nitrogens with zero attached hydrogens (tertiary/aromatic N) is 1. The predicted molar refractivity (Wildman–Crippen MR) is 94.5 cm³/mol. The largest absolute Gasteiger partial charge is 0.323 e. The van der Waals surface area contributed by atoms with Gasteiger partial charge in [-0.25, -0.2) is 13.2 Å². The summed E-state index contributed by atoms with van der Waals surface area (Å²) in [6.07, 6.45) is 1.90. The first kappa shape index (κ1) is 16.5. The summed E-state index contributed by atoms with van der Waals surface area (Å²) in [4.78, 5) is 12.0. The average Bonchev–Trinajstić information content (AvgIpc) is 2.54.